The first kappa shape index (κ1) is 20.3. The Hall–Kier alpha value is -2.47. The molecule has 5 nitrogen and oxygen atoms in total. The molecule has 2 aromatic rings. The van der Waals surface area contributed by atoms with Crippen LogP contribution in [0.1, 0.15) is 43.6 Å². The highest BCUT2D eigenvalue weighted by Crippen LogP contribution is 2.29. The molecule has 2 unspecified atom stereocenters. The number of hydrogen-bond donors (Lipinski definition) is 1. The standard InChI is InChI=1S/C22H23BrN2O3/c1-13-9-11-14(12-10-13)19(20(26)25-22(2,3)4)28-21(27)18-17(24-18)15-7-5-6-8-16(15)23/h5-12,18-19H,1-4H3,(H,25,26). The molecule has 2 atom stereocenters. The lowest BCUT2D eigenvalue weighted by molar-refractivity contribution is -0.156. The van der Waals surface area contributed by atoms with Gasteiger partial charge in [0.25, 0.3) is 5.91 Å². The van der Waals surface area contributed by atoms with Crippen LogP contribution in [-0.2, 0) is 14.3 Å². The molecule has 0 saturated carbocycles. The second-order valence-electron chi connectivity index (χ2n) is 7.86. The van der Waals surface area contributed by atoms with Gasteiger partial charge in [-0.1, -0.05) is 64.0 Å². The summed E-state index contributed by atoms with van der Waals surface area (Å²) in [5.74, 6) is -0.881. The van der Waals surface area contributed by atoms with Crippen molar-refractivity contribution < 1.29 is 14.3 Å². The average molecular weight is 443 g/mol. The van der Waals surface area contributed by atoms with Gasteiger partial charge in [-0.2, -0.15) is 0 Å². The molecule has 2 aromatic carbocycles. The second kappa shape index (κ2) is 7.87. The summed E-state index contributed by atoms with van der Waals surface area (Å²) in [5.41, 5.74) is 2.77. The van der Waals surface area contributed by atoms with E-state index in [-0.39, 0.29) is 5.91 Å². The summed E-state index contributed by atoms with van der Waals surface area (Å²) in [5, 5.41) is 2.89. The fourth-order valence-electron chi connectivity index (χ4n) is 2.78. The van der Waals surface area contributed by atoms with Crippen LogP contribution in [0.5, 0.6) is 0 Å². The smallest absolute Gasteiger partial charge is 0.338 e. The van der Waals surface area contributed by atoms with E-state index in [9.17, 15) is 9.59 Å². The minimum Gasteiger partial charge on any atom is -0.445 e. The lowest BCUT2D eigenvalue weighted by Crippen LogP contribution is -2.44. The monoisotopic (exact) mass is 442 g/mol. The lowest BCUT2D eigenvalue weighted by atomic mass is 10.0. The molecule has 0 aliphatic carbocycles. The molecule has 1 N–H and O–H groups in total. The molecule has 28 heavy (non-hydrogen) atoms. The molecule has 1 amide bonds. The van der Waals surface area contributed by atoms with Crippen molar-refractivity contribution in [2.45, 2.75) is 45.4 Å². The summed E-state index contributed by atoms with van der Waals surface area (Å²) in [6.45, 7) is 7.61. The molecular weight excluding hydrogens is 420 g/mol. The third-order valence-electron chi connectivity index (χ3n) is 4.18. The summed E-state index contributed by atoms with van der Waals surface area (Å²) in [7, 11) is 0. The first-order valence-electron chi connectivity index (χ1n) is 9.07. The van der Waals surface area contributed by atoms with Crippen LogP contribution in [0, 0.1) is 6.92 Å². The molecule has 0 fully saturated rings. The third kappa shape index (κ3) is 4.87. The van der Waals surface area contributed by atoms with E-state index in [0.717, 1.165) is 15.6 Å². The molecule has 0 aromatic heterocycles. The van der Waals surface area contributed by atoms with Crippen molar-refractivity contribution >= 4 is 33.5 Å². The zero-order chi connectivity index (χ0) is 20.5. The van der Waals surface area contributed by atoms with Gasteiger partial charge in [-0.25, -0.2) is 4.79 Å². The first-order chi connectivity index (χ1) is 13.2. The Bertz CT molecular complexity index is 930. The fourth-order valence-corrected chi connectivity index (χ4v) is 3.27. The third-order valence-corrected chi connectivity index (χ3v) is 4.87. The highest BCUT2D eigenvalue weighted by atomic mass is 79.9. The predicted octanol–water partition coefficient (Wildman–Crippen LogP) is 4.13. The highest BCUT2D eigenvalue weighted by molar-refractivity contribution is 9.10. The number of carbonyl (C=O) groups excluding carboxylic acids is 2. The molecular formula is C22H23BrN2O3. The van der Waals surface area contributed by atoms with Gasteiger partial charge >= 0.3 is 5.97 Å². The molecule has 146 valence electrons. The van der Waals surface area contributed by atoms with E-state index in [0.29, 0.717) is 11.3 Å². The van der Waals surface area contributed by atoms with Crippen molar-refractivity contribution in [3.63, 3.8) is 0 Å². The van der Waals surface area contributed by atoms with Crippen LogP contribution in [0.15, 0.2) is 58.0 Å². The summed E-state index contributed by atoms with van der Waals surface area (Å²) < 4.78 is 6.48. The van der Waals surface area contributed by atoms with Crippen molar-refractivity contribution in [2.75, 3.05) is 0 Å². The molecule has 1 aliphatic rings. The zero-order valence-corrected chi connectivity index (χ0v) is 17.9. The highest BCUT2D eigenvalue weighted by Gasteiger charge is 2.41. The fraction of sp³-hybridized carbons (Fsp3) is 0.318. The normalized spacial score (nSPS) is 16.8. The molecule has 0 saturated heterocycles. The largest absolute Gasteiger partial charge is 0.445 e. The van der Waals surface area contributed by atoms with Gasteiger partial charge in [0.1, 0.15) is 0 Å². The average Bonchev–Trinajstić information content (AvgIpc) is 3.40. The molecule has 0 bridgehead atoms. The van der Waals surface area contributed by atoms with Crippen LogP contribution >= 0.6 is 15.9 Å². The van der Waals surface area contributed by atoms with E-state index in [4.69, 9.17) is 4.74 Å². The number of rotatable bonds is 5. The molecule has 1 heterocycles. The van der Waals surface area contributed by atoms with Crippen molar-refractivity contribution in [3.8, 4) is 0 Å². The van der Waals surface area contributed by atoms with Gasteiger partial charge < -0.3 is 10.1 Å². The van der Waals surface area contributed by atoms with Gasteiger partial charge in [0.2, 0.25) is 6.10 Å². The number of ether oxygens (including phenoxy) is 1. The van der Waals surface area contributed by atoms with Crippen molar-refractivity contribution in [1.82, 2.24) is 5.32 Å². The molecule has 0 spiro atoms. The minimum atomic E-state index is -1.02. The van der Waals surface area contributed by atoms with Gasteiger partial charge in [0.15, 0.2) is 6.04 Å². The number of esters is 1. The van der Waals surface area contributed by atoms with E-state index in [2.05, 4.69) is 26.2 Å². The van der Waals surface area contributed by atoms with Gasteiger partial charge in [-0.3, -0.25) is 9.79 Å². The van der Waals surface area contributed by atoms with Crippen LogP contribution < -0.4 is 5.32 Å². The molecule has 6 heteroatoms. The first-order valence-corrected chi connectivity index (χ1v) is 9.87. The number of aliphatic imine (C=N–C) groups is 1. The van der Waals surface area contributed by atoms with E-state index >= 15 is 0 Å². The van der Waals surface area contributed by atoms with Gasteiger partial charge in [-0.05, 0) is 33.8 Å². The summed E-state index contributed by atoms with van der Waals surface area (Å²) in [6.07, 6.45) is -1.02. The number of halogens is 1. The number of amides is 1. The van der Waals surface area contributed by atoms with Crippen molar-refractivity contribution in [3.05, 3.63) is 69.7 Å². The zero-order valence-electron chi connectivity index (χ0n) is 16.3. The summed E-state index contributed by atoms with van der Waals surface area (Å²) in [4.78, 5) is 29.7. The SMILES string of the molecule is Cc1ccc(C(OC(=O)C2N=C2c2ccccc2Br)C(=O)NC(C)(C)C)cc1. The van der Waals surface area contributed by atoms with Crippen LogP contribution in [-0.4, -0.2) is 29.2 Å². The Morgan fingerprint density at radius 2 is 1.75 bits per heavy atom. The topological polar surface area (TPSA) is 67.8 Å². The Morgan fingerprint density at radius 3 is 2.36 bits per heavy atom. The Kier molecular flexibility index (Phi) is 5.70. The number of benzene rings is 2. The maximum atomic E-state index is 12.8. The lowest BCUT2D eigenvalue weighted by Gasteiger charge is -2.25. The number of nitrogens with zero attached hydrogens (tertiary/aromatic N) is 1. The minimum absolute atomic E-state index is 0.354. The Balaban J connectivity index is 1.76. The number of aryl methyl sites for hydroxylation is 1. The maximum absolute atomic E-state index is 12.8. The van der Waals surface area contributed by atoms with Gasteiger partial charge in [0.05, 0.1) is 5.71 Å². The quantitative estimate of drug-likeness (QED) is 0.707. The van der Waals surface area contributed by atoms with Crippen LogP contribution in [0.3, 0.4) is 0 Å². The van der Waals surface area contributed by atoms with Gasteiger partial charge in [0, 0.05) is 21.1 Å². The molecule has 1 aliphatic heterocycles. The van der Waals surface area contributed by atoms with Crippen molar-refractivity contribution in [1.29, 1.82) is 0 Å². The van der Waals surface area contributed by atoms with Crippen LogP contribution in [0.2, 0.25) is 0 Å². The van der Waals surface area contributed by atoms with Crippen molar-refractivity contribution in [2.24, 2.45) is 4.99 Å². The molecule has 3 rings (SSSR count). The van der Waals surface area contributed by atoms with E-state index in [1.165, 1.54) is 0 Å². The van der Waals surface area contributed by atoms with Gasteiger partial charge in [-0.15, -0.1) is 0 Å². The van der Waals surface area contributed by atoms with Crippen LogP contribution in [0.25, 0.3) is 0 Å². The summed E-state index contributed by atoms with van der Waals surface area (Å²) in [6, 6.07) is 14.3. The number of nitrogens with one attached hydrogen (secondary N) is 1. The predicted molar refractivity (Wildman–Crippen MR) is 112 cm³/mol. The number of hydrogen-bond acceptors (Lipinski definition) is 4. The van der Waals surface area contributed by atoms with E-state index in [1.54, 1.807) is 12.1 Å². The summed E-state index contributed by atoms with van der Waals surface area (Å²) >= 11 is 3.47. The Labute approximate surface area is 173 Å². The number of carbonyl (C=O) groups is 2. The maximum Gasteiger partial charge on any atom is 0.338 e. The Morgan fingerprint density at radius 1 is 1.11 bits per heavy atom. The van der Waals surface area contributed by atoms with E-state index < -0.39 is 23.7 Å². The van der Waals surface area contributed by atoms with Crippen LogP contribution in [0.4, 0.5) is 0 Å². The second-order valence-corrected chi connectivity index (χ2v) is 8.72. The van der Waals surface area contributed by atoms with E-state index in [1.807, 2.05) is 64.1 Å². The molecule has 0 radical (unpaired) electrons.